The summed E-state index contributed by atoms with van der Waals surface area (Å²) < 4.78 is 18.4. The molecule has 1 rings (SSSR count). The number of benzene rings is 1. The molecule has 1 atom stereocenters. The van der Waals surface area contributed by atoms with Crippen LogP contribution < -0.4 is 5.73 Å². The molecule has 0 aliphatic carbocycles. The van der Waals surface area contributed by atoms with Crippen LogP contribution in [-0.2, 0) is 4.74 Å². The molecule has 0 spiro atoms. The summed E-state index contributed by atoms with van der Waals surface area (Å²) in [5.41, 5.74) is 5.41. The van der Waals surface area contributed by atoms with E-state index in [0.717, 1.165) is 6.42 Å². The molecule has 2 N–H and O–H groups in total. The number of carbonyl (C=O) groups excluding carboxylic acids is 1. The van der Waals surface area contributed by atoms with Crippen molar-refractivity contribution in [2.45, 2.75) is 33.3 Å². The highest BCUT2D eigenvalue weighted by Crippen LogP contribution is 2.18. The summed E-state index contributed by atoms with van der Waals surface area (Å²) in [4.78, 5) is 11.7. The van der Waals surface area contributed by atoms with E-state index in [4.69, 9.17) is 10.5 Å². The number of nitrogen functional groups attached to an aromatic ring is 1. The van der Waals surface area contributed by atoms with Gasteiger partial charge in [-0.25, -0.2) is 9.18 Å². The van der Waals surface area contributed by atoms with Crippen molar-refractivity contribution in [1.29, 1.82) is 0 Å². The van der Waals surface area contributed by atoms with Crippen molar-refractivity contribution in [3.63, 3.8) is 0 Å². The van der Waals surface area contributed by atoms with Crippen LogP contribution in [0, 0.1) is 11.7 Å². The Morgan fingerprint density at radius 2 is 2.06 bits per heavy atom. The Morgan fingerprint density at radius 1 is 1.41 bits per heavy atom. The Hall–Kier alpha value is -1.58. The Bertz CT molecular complexity index is 404. The minimum atomic E-state index is -0.601. The number of para-hydroxylation sites is 1. The molecule has 17 heavy (non-hydrogen) atoms. The maximum Gasteiger partial charge on any atom is 0.340 e. The highest BCUT2D eigenvalue weighted by atomic mass is 19.1. The molecule has 0 aliphatic heterocycles. The summed E-state index contributed by atoms with van der Waals surface area (Å²) in [6, 6.07) is 4.11. The predicted molar refractivity (Wildman–Crippen MR) is 65.1 cm³/mol. The number of hydrogen-bond acceptors (Lipinski definition) is 3. The van der Waals surface area contributed by atoms with Gasteiger partial charge in [-0.15, -0.1) is 0 Å². The zero-order valence-electron chi connectivity index (χ0n) is 10.4. The minimum absolute atomic E-state index is 0.0839. The lowest BCUT2D eigenvalue weighted by Gasteiger charge is -2.15. The van der Waals surface area contributed by atoms with Crippen molar-refractivity contribution in [1.82, 2.24) is 0 Å². The lowest BCUT2D eigenvalue weighted by molar-refractivity contribution is 0.0300. The third kappa shape index (κ3) is 3.73. The molecule has 0 amide bonds. The fourth-order valence-electron chi connectivity index (χ4n) is 1.67. The van der Waals surface area contributed by atoms with Crippen LogP contribution in [0.2, 0.25) is 0 Å². The van der Waals surface area contributed by atoms with Gasteiger partial charge in [0.05, 0.1) is 17.4 Å². The van der Waals surface area contributed by atoms with Crippen LogP contribution >= 0.6 is 0 Å². The van der Waals surface area contributed by atoms with Crippen LogP contribution in [0.25, 0.3) is 0 Å². The highest BCUT2D eigenvalue weighted by molar-refractivity contribution is 5.95. The van der Waals surface area contributed by atoms with Gasteiger partial charge >= 0.3 is 5.97 Å². The summed E-state index contributed by atoms with van der Waals surface area (Å²) in [5.74, 6) is -0.742. The SMILES string of the molecule is CC(C)CC(C)OC(=O)c1cccc(F)c1N. The maximum atomic E-state index is 13.2. The first-order valence-electron chi connectivity index (χ1n) is 5.66. The average Bonchev–Trinajstić information content (AvgIpc) is 2.20. The third-order valence-corrected chi connectivity index (χ3v) is 2.38. The van der Waals surface area contributed by atoms with E-state index in [1.165, 1.54) is 18.2 Å². The molecule has 1 aromatic rings. The van der Waals surface area contributed by atoms with E-state index >= 15 is 0 Å². The van der Waals surface area contributed by atoms with Gasteiger partial charge in [-0.1, -0.05) is 19.9 Å². The smallest absolute Gasteiger partial charge is 0.340 e. The second-order valence-electron chi connectivity index (χ2n) is 4.55. The van der Waals surface area contributed by atoms with Gasteiger partial charge < -0.3 is 10.5 Å². The first-order valence-corrected chi connectivity index (χ1v) is 5.66. The molecule has 0 fully saturated rings. The molecule has 0 saturated heterocycles. The van der Waals surface area contributed by atoms with Crippen molar-refractivity contribution in [3.8, 4) is 0 Å². The fourth-order valence-corrected chi connectivity index (χ4v) is 1.67. The number of ether oxygens (including phenoxy) is 1. The molecule has 1 unspecified atom stereocenters. The van der Waals surface area contributed by atoms with Gasteiger partial charge in [0.2, 0.25) is 0 Å². The highest BCUT2D eigenvalue weighted by Gasteiger charge is 2.17. The fraction of sp³-hybridized carbons (Fsp3) is 0.462. The van der Waals surface area contributed by atoms with E-state index in [1.807, 2.05) is 20.8 Å². The van der Waals surface area contributed by atoms with E-state index in [9.17, 15) is 9.18 Å². The van der Waals surface area contributed by atoms with Gasteiger partial charge in [-0.2, -0.15) is 0 Å². The third-order valence-electron chi connectivity index (χ3n) is 2.38. The Balaban J connectivity index is 2.73. The van der Waals surface area contributed by atoms with Crippen LogP contribution in [0.5, 0.6) is 0 Å². The molecule has 0 bridgehead atoms. The summed E-state index contributed by atoms with van der Waals surface area (Å²) in [5, 5.41) is 0. The van der Waals surface area contributed by atoms with Crippen molar-refractivity contribution in [3.05, 3.63) is 29.6 Å². The van der Waals surface area contributed by atoms with E-state index in [2.05, 4.69) is 0 Å². The molecule has 1 aromatic carbocycles. The van der Waals surface area contributed by atoms with Crippen molar-refractivity contribution >= 4 is 11.7 Å². The summed E-state index contributed by atoms with van der Waals surface area (Å²) in [6.45, 7) is 5.90. The molecule has 0 aliphatic rings. The lowest BCUT2D eigenvalue weighted by atomic mass is 10.1. The number of nitrogens with two attached hydrogens (primary N) is 1. The minimum Gasteiger partial charge on any atom is -0.459 e. The van der Waals surface area contributed by atoms with Gasteiger partial charge in [0.25, 0.3) is 0 Å². The van der Waals surface area contributed by atoms with Gasteiger partial charge in [0.15, 0.2) is 0 Å². The molecule has 0 saturated carbocycles. The van der Waals surface area contributed by atoms with Gasteiger partial charge in [-0.05, 0) is 31.4 Å². The molecule has 0 aromatic heterocycles. The summed E-state index contributed by atoms with van der Waals surface area (Å²) in [7, 11) is 0. The van der Waals surface area contributed by atoms with Gasteiger partial charge in [0.1, 0.15) is 5.82 Å². The monoisotopic (exact) mass is 239 g/mol. The summed E-state index contributed by atoms with van der Waals surface area (Å²) >= 11 is 0. The first kappa shape index (κ1) is 13.5. The van der Waals surface area contributed by atoms with Crippen LogP contribution in [-0.4, -0.2) is 12.1 Å². The topological polar surface area (TPSA) is 52.3 Å². The lowest BCUT2D eigenvalue weighted by Crippen LogP contribution is -2.18. The van der Waals surface area contributed by atoms with Gasteiger partial charge in [-0.3, -0.25) is 0 Å². The van der Waals surface area contributed by atoms with Crippen molar-refractivity contribution < 1.29 is 13.9 Å². The number of hydrogen-bond donors (Lipinski definition) is 1. The van der Waals surface area contributed by atoms with Crippen LogP contribution in [0.1, 0.15) is 37.6 Å². The van der Waals surface area contributed by atoms with E-state index in [-0.39, 0.29) is 17.4 Å². The Labute approximate surface area is 101 Å². The zero-order chi connectivity index (χ0) is 13.0. The van der Waals surface area contributed by atoms with Gasteiger partial charge in [0, 0.05) is 0 Å². The van der Waals surface area contributed by atoms with Crippen LogP contribution in [0.4, 0.5) is 10.1 Å². The number of carbonyl (C=O) groups is 1. The largest absolute Gasteiger partial charge is 0.459 e. The zero-order valence-corrected chi connectivity index (χ0v) is 10.4. The van der Waals surface area contributed by atoms with Crippen LogP contribution in [0.15, 0.2) is 18.2 Å². The standard InChI is InChI=1S/C13H18FNO2/c1-8(2)7-9(3)17-13(16)10-5-4-6-11(14)12(10)15/h4-6,8-9H,7,15H2,1-3H3. The van der Waals surface area contributed by atoms with E-state index in [1.54, 1.807) is 0 Å². The molecule has 3 nitrogen and oxygen atoms in total. The molecule has 94 valence electrons. The van der Waals surface area contributed by atoms with Crippen LogP contribution in [0.3, 0.4) is 0 Å². The second-order valence-corrected chi connectivity index (χ2v) is 4.55. The molecular formula is C13H18FNO2. The second kappa shape index (κ2) is 5.66. The van der Waals surface area contributed by atoms with Crippen molar-refractivity contribution in [2.75, 3.05) is 5.73 Å². The molecule has 0 heterocycles. The normalized spacial score (nSPS) is 12.5. The number of halogens is 1. The molecule has 0 radical (unpaired) electrons. The maximum absolute atomic E-state index is 13.2. The average molecular weight is 239 g/mol. The molecular weight excluding hydrogens is 221 g/mol. The quantitative estimate of drug-likeness (QED) is 0.649. The predicted octanol–water partition coefficient (Wildman–Crippen LogP) is 3.00. The number of esters is 1. The Morgan fingerprint density at radius 3 is 2.65 bits per heavy atom. The first-order chi connectivity index (χ1) is 7.91. The Kier molecular flexibility index (Phi) is 4.49. The van der Waals surface area contributed by atoms with Crippen molar-refractivity contribution in [2.24, 2.45) is 5.92 Å². The number of anilines is 1. The summed E-state index contributed by atoms with van der Waals surface area (Å²) in [6.07, 6.45) is 0.561. The van der Waals surface area contributed by atoms with E-state index in [0.29, 0.717) is 5.92 Å². The van der Waals surface area contributed by atoms with E-state index < -0.39 is 11.8 Å². The molecule has 4 heteroatoms. The number of rotatable bonds is 4.